The summed E-state index contributed by atoms with van der Waals surface area (Å²) < 4.78 is 6.76. The number of fused-ring (bicyclic) bond motifs is 3. The molecule has 0 saturated heterocycles. The molecule has 1 aromatic carbocycles. The van der Waals surface area contributed by atoms with Crippen molar-refractivity contribution < 1.29 is 9.53 Å². The van der Waals surface area contributed by atoms with Crippen molar-refractivity contribution in [1.82, 2.24) is 9.55 Å². The third-order valence-electron chi connectivity index (χ3n) is 5.64. The highest BCUT2D eigenvalue weighted by Gasteiger charge is 2.26. The predicted octanol–water partition coefficient (Wildman–Crippen LogP) is 3.37. The number of benzene rings is 1. The Kier molecular flexibility index (Phi) is 5.41. The molecule has 0 spiro atoms. The molecule has 1 atom stereocenters. The van der Waals surface area contributed by atoms with Gasteiger partial charge in [-0.15, -0.1) is 11.3 Å². The third-order valence-corrected chi connectivity index (χ3v) is 6.83. The number of hydrogen-bond acceptors (Lipinski definition) is 5. The first-order valence-electron chi connectivity index (χ1n) is 10.0. The Balaban J connectivity index is 1.90. The fourth-order valence-electron chi connectivity index (χ4n) is 4.14. The van der Waals surface area contributed by atoms with E-state index >= 15 is 0 Å². The molecule has 0 fully saturated rings. The minimum Gasteiger partial charge on any atom is -0.497 e. The standard InChI is InChI=1S/C22H25N3O3S/c1-3-16(20(23)26)25-18(12-13-8-10-14(28-2)11-9-13)24-21-19(22(25)27)15-6-4-5-7-17(15)29-21/h8-11,16H,3-7,12H2,1-2H3,(H2,23,26). The van der Waals surface area contributed by atoms with Gasteiger partial charge in [-0.2, -0.15) is 0 Å². The normalized spacial score (nSPS) is 14.6. The zero-order chi connectivity index (χ0) is 20.5. The number of aromatic nitrogens is 2. The van der Waals surface area contributed by atoms with Gasteiger partial charge >= 0.3 is 0 Å². The molecule has 0 bridgehead atoms. The topological polar surface area (TPSA) is 87.2 Å². The molecule has 2 N–H and O–H groups in total. The van der Waals surface area contributed by atoms with E-state index in [0.29, 0.717) is 24.1 Å². The van der Waals surface area contributed by atoms with Crippen LogP contribution >= 0.6 is 11.3 Å². The monoisotopic (exact) mass is 411 g/mol. The molecule has 6 nitrogen and oxygen atoms in total. The van der Waals surface area contributed by atoms with Crippen molar-refractivity contribution in [1.29, 1.82) is 0 Å². The average molecular weight is 412 g/mol. The zero-order valence-electron chi connectivity index (χ0n) is 16.7. The van der Waals surface area contributed by atoms with Crippen LogP contribution in [0.25, 0.3) is 10.2 Å². The number of ether oxygens (including phenoxy) is 1. The first-order valence-corrected chi connectivity index (χ1v) is 10.8. The van der Waals surface area contributed by atoms with Crippen molar-refractivity contribution >= 4 is 27.5 Å². The van der Waals surface area contributed by atoms with Crippen LogP contribution in [-0.2, 0) is 24.1 Å². The second-order valence-electron chi connectivity index (χ2n) is 7.45. The van der Waals surface area contributed by atoms with Crippen LogP contribution in [0.15, 0.2) is 29.1 Å². The Morgan fingerprint density at radius 2 is 2.00 bits per heavy atom. The Morgan fingerprint density at radius 1 is 1.28 bits per heavy atom. The van der Waals surface area contributed by atoms with Gasteiger partial charge in [-0.1, -0.05) is 19.1 Å². The van der Waals surface area contributed by atoms with E-state index in [2.05, 4.69) is 0 Å². The zero-order valence-corrected chi connectivity index (χ0v) is 17.6. The van der Waals surface area contributed by atoms with Crippen LogP contribution in [0, 0.1) is 0 Å². The summed E-state index contributed by atoms with van der Waals surface area (Å²) in [6, 6.07) is 6.96. The molecule has 0 saturated carbocycles. The number of thiophene rings is 1. The highest BCUT2D eigenvalue weighted by atomic mass is 32.1. The molecule has 1 amide bonds. The largest absolute Gasteiger partial charge is 0.497 e. The van der Waals surface area contributed by atoms with Crippen molar-refractivity contribution in [2.75, 3.05) is 7.11 Å². The van der Waals surface area contributed by atoms with Gasteiger partial charge in [-0.3, -0.25) is 14.2 Å². The van der Waals surface area contributed by atoms with Gasteiger partial charge in [0.1, 0.15) is 22.4 Å². The number of hydrogen-bond donors (Lipinski definition) is 1. The molecule has 3 aromatic rings. The number of nitrogens with zero attached hydrogens (tertiary/aromatic N) is 2. The highest BCUT2D eigenvalue weighted by molar-refractivity contribution is 7.18. The number of aryl methyl sites for hydroxylation is 2. The highest BCUT2D eigenvalue weighted by Crippen LogP contribution is 2.34. The van der Waals surface area contributed by atoms with E-state index in [9.17, 15) is 9.59 Å². The molecule has 7 heteroatoms. The summed E-state index contributed by atoms with van der Waals surface area (Å²) >= 11 is 1.62. The number of carbonyl (C=O) groups excluding carboxylic acids is 1. The smallest absolute Gasteiger partial charge is 0.263 e. The number of primary amides is 1. The maximum Gasteiger partial charge on any atom is 0.263 e. The second kappa shape index (κ2) is 7.99. The molecule has 1 aliphatic carbocycles. The first kappa shape index (κ1) is 19.6. The lowest BCUT2D eigenvalue weighted by Crippen LogP contribution is -2.36. The van der Waals surface area contributed by atoms with Crippen LogP contribution < -0.4 is 16.0 Å². The Morgan fingerprint density at radius 3 is 2.66 bits per heavy atom. The molecule has 1 aliphatic rings. The van der Waals surface area contributed by atoms with Crippen LogP contribution in [0.5, 0.6) is 5.75 Å². The Hall–Kier alpha value is -2.67. The maximum atomic E-state index is 13.6. The van der Waals surface area contributed by atoms with E-state index in [-0.39, 0.29) is 5.56 Å². The van der Waals surface area contributed by atoms with E-state index in [1.165, 1.54) is 9.44 Å². The lowest BCUT2D eigenvalue weighted by molar-refractivity contribution is -0.121. The van der Waals surface area contributed by atoms with Crippen LogP contribution in [0.2, 0.25) is 0 Å². The number of nitrogens with two attached hydrogens (primary N) is 1. The van der Waals surface area contributed by atoms with Crippen molar-refractivity contribution in [3.8, 4) is 5.75 Å². The number of amides is 1. The van der Waals surface area contributed by atoms with Gasteiger partial charge in [0, 0.05) is 11.3 Å². The SMILES string of the molecule is CCC(C(N)=O)n1c(Cc2ccc(OC)cc2)nc2sc3c(c2c1=O)CCCC3. The van der Waals surface area contributed by atoms with Crippen LogP contribution in [0.4, 0.5) is 0 Å². The van der Waals surface area contributed by atoms with Crippen molar-refractivity contribution in [2.45, 2.75) is 51.5 Å². The molecule has 2 aromatic heterocycles. The molecule has 4 rings (SSSR count). The van der Waals surface area contributed by atoms with Gasteiger partial charge in [0.2, 0.25) is 5.91 Å². The van der Waals surface area contributed by atoms with E-state index in [4.69, 9.17) is 15.5 Å². The molecule has 2 heterocycles. The van der Waals surface area contributed by atoms with Gasteiger partial charge in [0.05, 0.1) is 12.5 Å². The van der Waals surface area contributed by atoms with Gasteiger partial charge in [0.25, 0.3) is 5.56 Å². The number of methoxy groups -OCH3 is 1. The molecule has 29 heavy (non-hydrogen) atoms. The quantitative estimate of drug-likeness (QED) is 0.674. The third kappa shape index (κ3) is 3.55. The van der Waals surface area contributed by atoms with E-state index in [0.717, 1.165) is 47.4 Å². The van der Waals surface area contributed by atoms with Crippen LogP contribution in [0.3, 0.4) is 0 Å². The predicted molar refractivity (Wildman–Crippen MR) is 115 cm³/mol. The van der Waals surface area contributed by atoms with Gasteiger partial charge in [-0.25, -0.2) is 4.98 Å². The maximum absolute atomic E-state index is 13.6. The van der Waals surface area contributed by atoms with Crippen molar-refractivity contribution in [3.05, 3.63) is 56.4 Å². The van der Waals surface area contributed by atoms with E-state index in [1.54, 1.807) is 18.4 Å². The van der Waals surface area contributed by atoms with E-state index in [1.807, 2.05) is 31.2 Å². The van der Waals surface area contributed by atoms with Crippen LogP contribution in [0.1, 0.15) is 54.1 Å². The van der Waals surface area contributed by atoms with Gasteiger partial charge in [0.15, 0.2) is 0 Å². The molecule has 1 unspecified atom stereocenters. The minimum absolute atomic E-state index is 0.136. The average Bonchev–Trinajstić information content (AvgIpc) is 3.09. The second-order valence-corrected chi connectivity index (χ2v) is 8.53. The molecule has 152 valence electrons. The number of carbonyl (C=O) groups is 1. The summed E-state index contributed by atoms with van der Waals surface area (Å²) in [5, 5.41) is 0.683. The molecule has 0 aliphatic heterocycles. The Bertz CT molecular complexity index is 1120. The summed E-state index contributed by atoms with van der Waals surface area (Å²) in [6.07, 6.45) is 5.02. The molecular weight excluding hydrogens is 386 g/mol. The Labute approximate surface area is 173 Å². The first-order chi connectivity index (χ1) is 14.0. The molecule has 0 radical (unpaired) electrons. The van der Waals surface area contributed by atoms with E-state index < -0.39 is 11.9 Å². The van der Waals surface area contributed by atoms with Gasteiger partial charge in [-0.05, 0) is 55.4 Å². The summed E-state index contributed by atoms with van der Waals surface area (Å²) in [4.78, 5) is 32.6. The summed E-state index contributed by atoms with van der Waals surface area (Å²) in [5.74, 6) is 0.844. The lowest BCUT2D eigenvalue weighted by atomic mass is 9.97. The number of rotatable bonds is 6. The minimum atomic E-state index is -0.702. The van der Waals surface area contributed by atoms with Crippen molar-refractivity contribution in [2.24, 2.45) is 5.73 Å². The lowest BCUT2D eigenvalue weighted by Gasteiger charge is -2.19. The van der Waals surface area contributed by atoms with Crippen LogP contribution in [-0.4, -0.2) is 22.6 Å². The molecular formula is C22H25N3O3S. The fraction of sp³-hybridized carbons (Fsp3) is 0.409. The van der Waals surface area contributed by atoms with Crippen molar-refractivity contribution in [3.63, 3.8) is 0 Å². The van der Waals surface area contributed by atoms with Gasteiger partial charge < -0.3 is 10.5 Å². The summed E-state index contributed by atoms with van der Waals surface area (Å²) in [5.41, 5.74) is 7.64. The summed E-state index contributed by atoms with van der Waals surface area (Å²) in [7, 11) is 1.62. The summed E-state index contributed by atoms with van der Waals surface area (Å²) in [6.45, 7) is 1.87. The fourth-order valence-corrected chi connectivity index (χ4v) is 5.41.